The van der Waals surface area contributed by atoms with Gasteiger partial charge in [-0.1, -0.05) is 29.0 Å². The van der Waals surface area contributed by atoms with Gasteiger partial charge in [0.25, 0.3) is 10.0 Å². The van der Waals surface area contributed by atoms with E-state index >= 15 is 0 Å². The molecule has 34 heavy (non-hydrogen) atoms. The molecule has 1 saturated heterocycles. The number of fused-ring (bicyclic) bond motifs is 1. The smallest absolute Gasteiger partial charge is 0.253 e. The zero-order chi connectivity index (χ0) is 24.5. The molecule has 3 heterocycles. The standard InChI is InChI=1S/C22H27ClN4O4S3/c1-4-31-16-8-5-9-17-20(16)24-22(32-17)26(14-13-25(2)3)21(28)15-7-6-12-27(15)34(29,30)19-11-10-18(23)33-19/h5,8-11,15H,4,6-7,12-14H2,1-3H3. The topological polar surface area (TPSA) is 83.0 Å². The largest absolute Gasteiger partial charge is 0.492 e. The van der Waals surface area contributed by atoms with Gasteiger partial charge >= 0.3 is 0 Å². The Kier molecular flexibility index (Phi) is 7.80. The van der Waals surface area contributed by atoms with Crippen LogP contribution in [0, 0.1) is 0 Å². The first-order valence-electron chi connectivity index (χ1n) is 11.0. The third kappa shape index (κ3) is 5.09. The van der Waals surface area contributed by atoms with Crippen molar-refractivity contribution in [2.45, 2.75) is 30.0 Å². The molecule has 1 atom stereocenters. The van der Waals surface area contributed by atoms with E-state index in [1.165, 1.54) is 21.7 Å². The van der Waals surface area contributed by atoms with Gasteiger partial charge < -0.3 is 9.64 Å². The van der Waals surface area contributed by atoms with Crippen LogP contribution in [0.5, 0.6) is 5.75 Å². The molecule has 0 saturated carbocycles. The minimum Gasteiger partial charge on any atom is -0.492 e. The first-order valence-corrected chi connectivity index (χ1v) is 14.4. The second kappa shape index (κ2) is 10.5. The lowest BCUT2D eigenvalue weighted by molar-refractivity contribution is -0.121. The van der Waals surface area contributed by atoms with Crippen LogP contribution < -0.4 is 9.64 Å². The van der Waals surface area contributed by atoms with E-state index in [2.05, 4.69) is 0 Å². The van der Waals surface area contributed by atoms with Gasteiger partial charge in [-0.3, -0.25) is 9.69 Å². The molecule has 1 unspecified atom stereocenters. The fraction of sp³-hybridized carbons (Fsp3) is 0.455. The lowest BCUT2D eigenvalue weighted by Crippen LogP contribution is -2.49. The van der Waals surface area contributed by atoms with Crippen LogP contribution in [0.15, 0.2) is 34.5 Å². The molecule has 1 aromatic carbocycles. The van der Waals surface area contributed by atoms with Gasteiger partial charge in [-0.05, 0) is 58.1 Å². The molecule has 8 nitrogen and oxygen atoms in total. The number of hydrogen-bond donors (Lipinski definition) is 0. The van der Waals surface area contributed by atoms with Crippen LogP contribution in [0.1, 0.15) is 19.8 Å². The van der Waals surface area contributed by atoms with Gasteiger partial charge in [0.15, 0.2) is 5.13 Å². The summed E-state index contributed by atoms with van der Waals surface area (Å²) >= 11 is 8.39. The quantitative estimate of drug-likeness (QED) is 0.404. The van der Waals surface area contributed by atoms with E-state index < -0.39 is 16.1 Å². The number of hydrogen-bond acceptors (Lipinski definition) is 8. The highest BCUT2D eigenvalue weighted by Gasteiger charge is 2.42. The summed E-state index contributed by atoms with van der Waals surface area (Å²) in [5.41, 5.74) is 0.705. The number of halogens is 1. The molecule has 4 rings (SSSR count). The maximum Gasteiger partial charge on any atom is 0.253 e. The summed E-state index contributed by atoms with van der Waals surface area (Å²) in [5, 5.41) is 0.539. The number of sulfonamides is 1. The first kappa shape index (κ1) is 25.3. The van der Waals surface area contributed by atoms with Crippen LogP contribution in [0.4, 0.5) is 5.13 Å². The number of thiazole rings is 1. The van der Waals surface area contributed by atoms with E-state index in [0.717, 1.165) is 16.0 Å². The number of aromatic nitrogens is 1. The number of rotatable bonds is 9. The molecule has 1 aliphatic heterocycles. The number of ether oxygens (including phenoxy) is 1. The lowest BCUT2D eigenvalue weighted by atomic mass is 10.2. The highest BCUT2D eigenvalue weighted by Crippen LogP contribution is 2.37. The molecular formula is C22H27ClN4O4S3. The monoisotopic (exact) mass is 542 g/mol. The van der Waals surface area contributed by atoms with Crippen molar-refractivity contribution in [1.82, 2.24) is 14.2 Å². The van der Waals surface area contributed by atoms with Gasteiger partial charge in [-0.2, -0.15) is 4.31 Å². The number of carbonyl (C=O) groups is 1. The van der Waals surface area contributed by atoms with Crippen molar-refractivity contribution in [3.8, 4) is 5.75 Å². The van der Waals surface area contributed by atoms with E-state index in [9.17, 15) is 13.2 Å². The number of carbonyl (C=O) groups excluding carboxylic acids is 1. The first-order chi connectivity index (χ1) is 16.2. The Morgan fingerprint density at radius 3 is 2.71 bits per heavy atom. The molecule has 1 fully saturated rings. The molecule has 1 aliphatic rings. The summed E-state index contributed by atoms with van der Waals surface area (Å²) < 4.78 is 35.1. The maximum atomic E-state index is 13.9. The zero-order valence-electron chi connectivity index (χ0n) is 19.2. The molecule has 2 aromatic heterocycles. The predicted molar refractivity (Wildman–Crippen MR) is 138 cm³/mol. The molecule has 184 valence electrons. The van der Waals surface area contributed by atoms with Crippen molar-refractivity contribution in [1.29, 1.82) is 0 Å². The second-order valence-electron chi connectivity index (χ2n) is 8.16. The zero-order valence-corrected chi connectivity index (χ0v) is 22.4. The summed E-state index contributed by atoms with van der Waals surface area (Å²) in [6.07, 6.45) is 1.08. The molecular weight excluding hydrogens is 516 g/mol. The third-order valence-corrected chi connectivity index (χ3v) is 10.2. The molecule has 0 aliphatic carbocycles. The SMILES string of the molecule is CCOc1cccc2sc(N(CCN(C)C)C(=O)C3CCCN3S(=O)(=O)c3ccc(Cl)s3)nc12. The third-order valence-electron chi connectivity index (χ3n) is 5.54. The molecule has 0 radical (unpaired) electrons. The minimum atomic E-state index is -3.83. The minimum absolute atomic E-state index is 0.151. The lowest BCUT2D eigenvalue weighted by Gasteiger charge is -2.29. The van der Waals surface area contributed by atoms with Gasteiger partial charge in [0.2, 0.25) is 5.91 Å². The number of para-hydroxylation sites is 1. The van der Waals surface area contributed by atoms with Crippen LogP contribution in [0.25, 0.3) is 10.2 Å². The fourth-order valence-electron chi connectivity index (χ4n) is 3.91. The van der Waals surface area contributed by atoms with Crippen molar-refractivity contribution in [3.05, 3.63) is 34.7 Å². The molecule has 0 N–H and O–H groups in total. The Balaban J connectivity index is 1.69. The summed E-state index contributed by atoms with van der Waals surface area (Å²) in [4.78, 5) is 22.2. The van der Waals surface area contributed by atoms with Crippen LogP contribution in [-0.2, 0) is 14.8 Å². The number of likely N-dealkylation sites (N-methyl/N-ethyl adjacent to an activating group) is 1. The number of amides is 1. The second-order valence-corrected chi connectivity index (χ2v) is 13.0. The summed E-state index contributed by atoms with van der Waals surface area (Å²) in [7, 11) is 0.0380. The van der Waals surface area contributed by atoms with Gasteiger partial charge in [0, 0.05) is 19.6 Å². The molecule has 0 bridgehead atoms. The Morgan fingerprint density at radius 1 is 1.24 bits per heavy atom. The van der Waals surface area contributed by atoms with Crippen molar-refractivity contribution in [2.24, 2.45) is 0 Å². The highest BCUT2D eigenvalue weighted by atomic mass is 35.5. The highest BCUT2D eigenvalue weighted by molar-refractivity contribution is 7.91. The van der Waals surface area contributed by atoms with Crippen LogP contribution >= 0.6 is 34.3 Å². The molecule has 12 heteroatoms. The van der Waals surface area contributed by atoms with Crippen molar-refractivity contribution in [2.75, 3.05) is 45.2 Å². The Morgan fingerprint density at radius 2 is 2.03 bits per heavy atom. The Hall–Kier alpha value is -1.76. The van der Waals surface area contributed by atoms with Gasteiger partial charge in [0.05, 0.1) is 15.6 Å². The van der Waals surface area contributed by atoms with Crippen molar-refractivity contribution >= 4 is 65.6 Å². The van der Waals surface area contributed by atoms with E-state index in [0.29, 0.717) is 59.8 Å². The summed E-state index contributed by atoms with van der Waals surface area (Å²) in [5.74, 6) is 0.407. The van der Waals surface area contributed by atoms with Gasteiger partial charge in [-0.25, -0.2) is 13.4 Å². The number of benzene rings is 1. The summed E-state index contributed by atoms with van der Waals surface area (Å²) in [6.45, 7) is 3.72. The van der Waals surface area contributed by atoms with Crippen LogP contribution in [0.3, 0.4) is 0 Å². The van der Waals surface area contributed by atoms with Crippen LogP contribution in [0.2, 0.25) is 4.34 Å². The van der Waals surface area contributed by atoms with Crippen LogP contribution in [-0.4, -0.2) is 74.9 Å². The Labute approximate surface area is 212 Å². The number of anilines is 1. The molecule has 0 spiro atoms. The number of thiophene rings is 1. The fourth-order valence-corrected chi connectivity index (χ4v) is 8.18. The van der Waals surface area contributed by atoms with E-state index in [-0.39, 0.29) is 10.1 Å². The number of nitrogens with zero attached hydrogens (tertiary/aromatic N) is 4. The van der Waals surface area contributed by atoms with E-state index in [1.807, 2.05) is 44.1 Å². The summed E-state index contributed by atoms with van der Waals surface area (Å²) in [6, 6.07) is 7.98. The normalized spacial score (nSPS) is 17.0. The van der Waals surface area contributed by atoms with Crippen molar-refractivity contribution < 1.29 is 17.9 Å². The van der Waals surface area contributed by atoms with Crippen molar-refractivity contribution in [3.63, 3.8) is 0 Å². The maximum absolute atomic E-state index is 13.9. The van der Waals surface area contributed by atoms with E-state index in [1.54, 1.807) is 11.0 Å². The molecule has 1 amide bonds. The van der Waals surface area contributed by atoms with Gasteiger partial charge in [-0.15, -0.1) is 11.3 Å². The van der Waals surface area contributed by atoms with Gasteiger partial charge in [0.1, 0.15) is 21.5 Å². The predicted octanol–water partition coefficient (Wildman–Crippen LogP) is 4.16. The average Bonchev–Trinajstić information content (AvgIpc) is 3.53. The molecule has 3 aromatic rings. The Bertz CT molecular complexity index is 1270. The van der Waals surface area contributed by atoms with E-state index in [4.69, 9.17) is 21.3 Å². The average molecular weight is 543 g/mol.